The van der Waals surface area contributed by atoms with E-state index in [9.17, 15) is 13.2 Å². The van der Waals surface area contributed by atoms with Gasteiger partial charge >= 0.3 is 0 Å². The Morgan fingerprint density at radius 3 is 2.21 bits per heavy atom. The number of anilines is 1. The lowest BCUT2D eigenvalue weighted by atomic mass is 9.97. The van der Waals surface area contributed by atoms with Crippen LogP contribution in [-0.2, 0) is 21.2 Å². The Balaban J connectivity index is 2.20. The number of amides is 1. The van der Waals surface area contributed by atoms with E-state index in [0.717, 1.165) is 40.1 Å². The van der Waals surface area contributed by atoms with E-state index in [1.807, 2.05) is 52.0 Å². The minimum Gasteiger partial charge on any atom is -0.348 e. The predicted molar refractivity (Wildman–Crippen MR) is 115 cm³/mol. The zero-order valence-electron chi connectivity index (χ0n) is 17.3. The first-order valence-electron chi connectivity index (χ1n) is 9.58. The molecule has 28 heavy (non-hydrogen) atoms. The van der Waals surface area contributed by atoms with E-state index >= 15 is 0 Å². The van der Waals surface area contributed by atoms with Crippen molar-refractivity contribution in [3.8, 4) is 0 Å². The molecule has 152 valence electrons. The van der Waals surface area contributed by atoms with Crippen LogP contribution in [0.1, 0.15) is 48.6 Å². The van der Waals surface area contributed by atoms with Gasteiger partial charge in [0.1, 0.15) is 6.54 Å². The number of aryl methyl sites for hydroxylation is 3. The zero-order valence-corrected chi connectivity index (χ0v) is 18.1. The van der Waals surface area contributed by atoms with Crippen LogP contribution in [0.5, 0.6) is 0 Å². The van der Waals surface area contributed by atoms with E-state index in [1.54, 1.807) is 12.1 Å². The van der Waals surface area contributed by atoms with Crippen LogP contribution in [0.2, 0.25) is 0 Å². The van der Waals surface area contributed by atoms with Crippen LogP contribution in [0.15, 0.2) is 42.5 Å². The van der Waals surface area contributed by atoms with Crippen LogP contribution in [0.25, 0.3) is 0 Å². The molecule has 0 spiro atoms. The van der Waals surface area contributed by atoms with E-state index in [2.05, 4.69) is 11.4 Å². The van der Waals surface area contributed by atoms with Crippen molar-refractivity contribution in [2.45, 2.75) is 46.6 Å². The summed E-state index contributed by atoms with van der Waals surface area (Å²) in [6.07, 6.45) is 2.71. The molecule has 6 heteroatoms. The quantitative estimate of drug-likeness (QED) is 0.728. The monoisotopic (exact) mass is 402 g/mol. The van der Waals surface area contributed by atoms with Crippen molar-refractivity contribution >= 4 is 21.6 Å². The molecule has 0 saturated carbocycles. The highest BCUT2D eigenvalue weighted by Gasteiger charge is 2.23. The fourth-order valence-corrected chi connectivity index (χ4v) is 4.14. The molecule has 0 bridgehead atoms. The van der Waals surface area contributed by atoms with Crippen molar-refractivity contribution in [2.75, 3.05) is 17.1 Å². The molecule has 0 aromatic heterocycles. The first kappa shape index (κ1) is 22.0. The van der Waals surface area contributed by atoms with Crippen LogP contribution in [0, 0.1) is 13.8 Å². The summed E-state index contributed by atoms with van der Waals surface area (Å²) in [5.41, 5.74) is 4.94. The number of nitrogens with one attached hydrogen (secondary N) is 1. The molecule has 0 aliphatic rings. The number of carbonyl (C=O) groups excluding carboxylic acids is 1. The second-order valence-electron chi connectivity index (χ2n) is 7.18. The van der Waals surface area contributed by atoms with E-state index in [0.29, 0.717) is 5.69 Å². The van der Waals surface area contributed by atoms with Crippen molar-refractivity contribution in [3.05, 3.63) is 64.7 Å². The third-order valence-electron chi connectivity index (χ3n) is 4.86. The van der Waals surface area contributed by atoms with Gasteiger partial charge in [-0.25, -0.2) is 8.42 Å². The van der Waals surface area contributed by atoms with Crippen LogP contribution in [0.4, 0.5) is 5.69 Å². The molecule has 2 aromatic rings. The van der Waals surface area contributed by atoms with Gasteiger partial charge in [-0.3, -0.25) is 9.10 Å². The molecule has 0 fully saturated rings. The molecule has 0 aliphatic heterocycles. The molecule has 1 amide bonds. The van der Waals surface area contributed by atoms with Gasteiger partial charge < -0.3 is 5.32 Å². The molecule has 0 heterocycles. The minimum absolute atomic E-state index is 0.156. The Labute approximate surface area is 168 Å². The summed E-state index contributed by atoms with van der Waals surface area (Å²) in [6, 6.07) is 13.2. The molecule has 2 aromatic carbocycles. The standard InChI is InChI=1S/C22H30N2O3S/c1-6-18-9-11-19(12-10-18)24(28(5,26)27)15-22(25)23-21(7-2)20-13-8-16(3)14-17(20)4/h8-14,21H,6-7,15H2,1-5H3,(H,23,25)/t21-/m1/s1. The summed E-state index contributed by atoms with van der Waals surface area (Å²) in [4.78, 5) is 12.7. The van der Waals surface area contributed by atoms with E-state index in [1.165, 1.54) is 5.56 Å². The topological polar surface area (TPSA) is 66.5 Å². The van der Waals surface area contributed by atoms with E-state index < -0.39 is 10.0 Å². The van der Waals surface area contributed by atoms with E-state index in [4.69, 9.17) is 0 Å². The maximum absolute atomic E-state index is 12.7. The maximum Gasteiger partial charge on any atom is 0.241 e. The minimum atomic E-state index is -3.58. The first-order chi connectivity index (χ1) is 13.2. The largest absolute Gasteiger partial charge is 0.348 e. The average molecular weight is 403 g/mol. The van der Waals surface area contributed by atoms with Crippen LogP contribution in [-0.4, -0.2) is 27.1 Å². The van der Waals surface area contributed by atoms with Gasteiger partial charge in [0, 0.05) is 0 Å². The Morgan fingerprint density at radius 1 is 1.07 bits per heavy atom. The predicted octanol–water partition coefficient (Wildman–Crippen LogP) is 3.90. The first-order valence-corrected chi connectivity index (χ1v) is 11.4. The van der Waals surface area contributed by atoms with Crippen molar-refractivity contribution in [3.63, 3.8) is 0 Å². The van der Waals surface area contributed by atoms with Gasteiger partial charge in [-0.1, -0.05) is 49.7 Å². The number of nitrogens with zero attached hydrogens (tertiary/aromatic N) is 1. The number of sulfonamides is 1. The molecule has 0 aliphatic carbocycles. The third kappa shape index (κ3) is 5.58. The zero-order chi connectivity index (χ0) is 20.9. The van der Waals surface area contributed by atoms with Crippen LogP contribution < -0.4 is 9.62 Å². The summed E-state index contributed by atoms with van der Waals surface area (Å²) in [5, 5.41) is 2.99. The third-order valence-corrected chi connectivity index (χ3v) is 6.00. The molecule has 1 atom stereocenters. The number of carbonyl (C=O) groups is 1. The second kappa shape index (κ2) is 9.24. The lowest BCUT2D eigenvalue weighted by molar-refractivity contribution is -0.120. The van der Waals surface area contributed by atoms with Crippen molar-refractivity contribution in [2.24, 2.45) is 0 Å². The molecular formula is C22H30N2O3S. The second-order valence-corrected chi connectivity index (χ2v) is 9.08. The van der Waals surface area contributed by atoms with Gasteiger partial charge in [-0.05, 0) is 55.5 Å². The maximum atomic E-state index is 12.7. The highest BCUT2D eigenvalue weighted by Crippen LogP contribution is 2.23. The van der Waals surface area contributed by atoms with E-state index in [-0.39, 0.29) is 18.5 Å². The molecule has 0 unspecified atom stereocenters. The summed E-state index contributed by atoms with van der Waals surface area (Å²) >= 11 is 0. The normalized spacial score (nSPS) is 12.5. The number of hydrogen-bond acceptors (Lipinski definition) is 3. The smallest absolute Gasteiger partial charge is 0.241 e. The molecular weight excluding hydrogens is 372 g/mol. The van der Waals surface area contributed by atoms with Gasteiger partial charge in [0.15, 0.2) is 0 Å². The molecule has 1 N–H and O–H groups in total. The Kier molecular flexibility index (Phi) is 7.24. The molecule has 2 rings (SSSR count). The number of rotatable bonds is 8. The fraction of sp³-hybridized carbons (Fsp3) is 0.409. The van der Waals surface area contributed by atoms with Gasteiger partial charge in [0.25, 0.3) is 0 Å². The molecule has 0 radical (unpaired) electrons. The summed E-state index contributed by atoms with van der Waals surface area (Å²) < 4.78 is 25.7. The lowest BCUT2D eigenvalue weighted by Gasteiger charge is -2.25. The van der Waals surface area contributed by atoms with Gasteiger partial charge in [-0.15, -0.1) is 0 Å². The SMILES string of the molecule is CCc1ccc(N(CC(=O)N[C@H](CC)c2ccc(C)cc2C)S(C)(=O)=O)cc1. The average Bonchev–Trinajstić information content (AvgIpc) is 2.64. The van der Waals surface area contributed by atoms with Crippen molar-refractivity contribution < 1.29 is 13.2 Å². The fourth-order valence-electron chi connectivity index (χ4n) is 3.28. The lowest BCUT2D eigenvalue weighted by Crippen LogP contribution is -2.41. The van der Waals surface area contributed by atoms with Gasteiger partial charge in [0.05, 0.1) is 18.0 Å². The Morgan fingerprint density at radius 2 is 1.71 bits per heavy atom. The number of benzene rings is 2. The van der Waals surface area contributed by atoms with Gasteiger partial charge in [0.2, 0.25) is 15.9 Å². The summed E-state index contributed by atoms with van der Waals surface area (Å²) in [7, 11) is -3.58. The number of hydrogen-bond donors (Lipinski definition) is 1. The van der Waals surface area contributed by atoms with Gasteiger partial charge in [-0.2, -0.15) is 0 Å². The Hall–Kier alpha value is -2.34. The molecule has 0 saturated heterocycles. The van der Waals surface area contributed by atoms with Crippen molar-refractivity contribution in [1.29, 1.82) is 0 Å². The summed E-state index contributed by atoms with van der Waals surface area (Å²) in [6.45, 7) is 7.85. The van der Waals surface area contributed by atoms with Crippen LogP contribution >= 0.6 is 0 Å². The molecule has 5 nitrogen and oxygen atoms in total. The van der Waals surface area contributed by atoms with Crippen LogP contribution in [0.3, 0.4) is 0 Å². The summed E-state index contributed by atoms with van der Waals surface area (Å²) in [5.74, 6) is -0.322. The Bertz CT molecular complexity index is 921. The highest BCUT2D eigenvalue weighted by molar-refractivity contribution is 7.92. The van der Waals surface area contributed by atoms with Crippen molar-refractivity contribution in [1.82, 2.24) is 5.32 Å². The highest BCUT2D eigenvalue weighted by atomic mass is 32.2.